The molecule has 0 aliphatic carbocycles. The summed E-state index contributed by atoms with van der Waals surface area (Å²) in [4.78, 5) is 26.6. The van der Waals surface area contributed by atoms with E-state index < -0.39 is 5.60 Å². The molecule has 0 radical (unpaired) electrons. The van der Waals surface area contributed by atoms with Crippen LogP contribution in [0.15, 0.2) is 0 Å². The third kappa shape index (κ3) is 30.7. The first-order chi connectivity index (χ1) is 20.7. The van der Waals surface area contributed by atoms with Crippen molar-refractivity contribution in [3.05, 3.63) is 0 Å². The predicted octanol–water partition coefficient (Wildman–Crippen LogP) is 9.79. The maximum Gasteiger partial charge on any atom is 0.306 e. The highest BCUT2D eigenvalue weighted by atomic mass is 16.6. The highest BCUT2D eigenvalue weighted by molar-refractivity contribution is 5.69. The van der Waals surface area contributed by atoms with Gasteiger partial charge in [0.1, 0.15) is 5.60 Å². The van der Waals surface area contributed by atoms with Gasteiger partial charge in [-0.1, -0.05) is 104 Å². The van der Waals surface area contributed by atoms with Crippen LogP contribution in [0.4, 0.5) is 0 Å². The first kappa shape index (κ1) is 41.9. The summed E-state index contributed by atoms with van der Waals surface area (Å²) in [7, 11) is 0. The molecule has 6 heteroatoms. The van der Waals surface area contributed by atoms with Gasteiger partial charge < -0.3 is 19.5 Å². The van der Waals surface area contributed by atoms with E-state index in [0.29, 0.717) is 25.4 Å². The molecule has 0 fully saturated rings. The van der Waals surface area contributed by atoms with E-state index in [-0.39, 0.29) is 18.5 Å². The Kier molecular flexibility index (Phi) is 28.8. The number of nitrogens with zero attached hydrogens (tertiary/aromatic N) is 1. The molecule has 0 spiro atoms. The van der Waals surface area contributed by atoms with Crippen LogP contribution in [0, 0.1) is 5.92 Å². The summed E-state index contributed by atoms with van der Waals surface area (Å²) in [6.45, 7) is 14.4. The number of ether oxygens (including phenoxy) is 2. The first-order valence-electron chi connectivity index (χ1n) is 18.4. The molecule has 43 heavy (non-hydrogen) atoms. The quantitative estimate of drug-likeness (QED) is 0.0621. The third-order valence-electron chi connectivity index (χ3n) is 8.23. The molecule has 0 aliphatic rings. The Morgan fingerprint density at radius 1 is 0.605 bits per heavy atom. The normalized spacial score (nSPS) is 11.9. The van der Waals surface area contributed by atoms with Gasteiger partial charge in [-0.2, -0.15) is 0 Å². The number of esters is 2. The van der Waals surface area contributed by atoms with Crippen LogP contribution in [-0.4, -0.2) is 60.4 Å². The van der Waals surface area contributed by atoms with Crippen molar-refractivity contribution in [1.29, 1.82) is 0 Å². The lowest BCUT2D eigenvalue weighted by molar-refractivity contribution is -0.155. The van der Waals surface area contributed by atoms with Crippen LogP contribution in [0.2, 0.25) is 0 Å². The molecule has 6 nitrogen and oxygen atoms in total. The Balaban J connectivity index is 3.98. The number of carbonyl (C=O) groups is 2. The number of hydrogen-bond acceptors (Lipinski definition) is 6. The topological polar surface area (TPSA) is 76.1 Å². The minimum atomic E-state index is -0.394. The number of rotatable bonds is 31. The van der Waals surface area contributed by atoms with E-state index in [9.17, 15) is 14.7 Å². The van der Waals surface area contributed by atoms with Crippen molar-refractivity contribution in [2.75, 3.05) is 32.8 Å². The molecule has 0 atom stereocenters. The maximum absolute atomic E-state index is 12.2. The van der Waals surface area contributed by atoms with E-state index in [1.807, 2.05) is 20.8 Å². The highest BCUT2D eigenvalue weighted by Gasteiger charge is 2.15. The monoisotopic (exact) mass is 612 g/mol. The Bertz CT molecular complexity index is 623. The molecule has 256 valence electrons. The van der Waals surface area contributed by atoms with Crippen molar-refractivity contribution in [3.8, 4) is 0 Å². The van der Waals surface area contributed by atoms with E-state index in [2.05, 4.69) is 18.7 Å². The summed E-state index contributed by atoms with van der Waals surface area (Å²) < 4.78 is 11.0. The second-order valence-corrected chi connectivity index (χ2v) is 13.8. The van der Waals surface area contributed by atoms with Gasteiger partial charge >= 0.3 is 11.9 Å². The summed E-state index contributed by atoms with van der Waals surface area (Å²) in [5.74, 6) is 0.614. The van der Waals surface area contributed by atoms with Gasteiger partial charge in [-0.05, 0) is 91.3 Å². The lowest BCUT2D eigenvalue weighted by atomic mass is 9.92. The lowest BCUT2D eigenvalue weighted by Crippen LogP contribution is -2.27. The molecule has 0 aromatic rings. The minimum Gasteiger partial charge on any atom is -0.466 e. The fourth-order valence-corrected chi connectivity index (χ4v) is 5.66. The Morgan fingerprint density at radius 2 is 1.07 bits per heavy atom. The number of carbonyl (C=O) groups excluding carboxylic acids is 2. The fraction of sp³-hybridized carbons (Fsp3) is 0.946. The zero-order chi connectivity index (χ0) is 32.0. The molecule has 0 aromatic heterocycles. The molecule has 0 aliphatic heterocycles. The number of aliphatic hydroxyl groups excluding tert-OH is 1. The smallest absolute Gasteiger partial charge is 0.306 e. The second kappa shape index (κ2) is 29.6. The molecule has 0 aromatic carbocycles. The standard InChI is InChI=1S/C37H73NO5/c1-6-8-16-24-34(25-17-9-7-2)28-33-42-35(40)26-18-12-10-14-20-29-38(31-22-23-32-39)30-21-15-11-13-19-27-36(41)43-37(3,4)5/h34,39H,6-33H2,1-5H3. The van der Waals surface area contributed by atoms with Crippen LogP contribution in [0.1, 0.15) is 182 Å². The summed E-state index contributed by atoms with van der Waals surface area (Å²) in [5, 5.41) is 9.18. The van der Waals surface area contributed by atoms with Crippen molar-refractivity contribution in [3.63, 3.8) is 0 Å². The molecule has 1 N–H and O–H groups in total. The maximum atomic E-state index is 12.2. The van der Waals surface area contributed by atoms with Crippen molar-refractivity contribution < 1.29 is 24.2 Å². The summed E-state index contributed by atoms with van der Waals surface area (Å²) in [6, 6.07) is 0. The van der Waals surface area contributed by atoms with Crippen molar-refractivity contribution in [2.24, 2.45) is 5.92 Å². The summed E-state index contributed by atoms with van der Waals surface area (Å²) in [6.07, 6.45) is 25.5. The van der Waals surface area contributed by atoms with E-state index in [1.54, 1.807) is 0 Å². The zero-order valence-corrected chi connectivity index (χ0v) is 29.4. The van der Waals surface area contributed by atoms with Crippen LogP contribution in [-0.2, 0) is 19.1 Å². The van der Waals surface area contributed by atoms with E-state index >= 15 is 0 Å². The molecule has 0 amide bonds. The van der Waals surface area contributed by atoms with Gasteiger partial charge in [0.15, 0.2) is 0 Å². The number of hydrogen-bond donors (Lipinski definition) is 1. The molecule has 0 rings (SSSR count). The van der Waals surface area contributed by atoms with E-state index in [4.69, 9.17) is 9.47 Å². The van der Waals surface area contributed by atoms with Crippen LogP contribution in [0.25, 0.3) is 0 Å². The van der Waals surface area contributed by atoms with Crippen molar-refractivity contribution in [2.45, 2.75) is 188 Å². The van der Waals surface area contributed by atoms with Gasteiger partial charge in [0.25, 0.3) is 0 Å². The Hall–Kier alpha value is -1.14. The zero-order valence-electron chi connectivity index (χ0n) is 29.4. The molecule has 0 saturated carbocycles. The fourth-order valence-electron chi connectivity index (χ4n) is 5.66. The van der Waals surface area contributed by atoms with Gasteiger partial charge in [-0.15, -0.1) is 0 Å². The average molecular weight is 612 g/mol. The first-order valence-corrected chi connectivity index (χ1v) is 18.4. The Morgan fingerprint density at radius 3 is 1.56 bits per heavy atom. The number of unbranched alkanes of at least 4 members (excludes halogenated alkanes) is 13. The van der Waals surface area contributed by atoms with Crippen molar-refractivity contribution >= 4 is 11.9 Å². The van der Waals surface area contributed by atoms with Crippen molar-refractivity contribution in [1.82, 2.24) is 4.90 Å². The number of aliphatic hydroxyl groups is 1. The average Bonchev–Trinajstić information content (AvgIpc) is 2.94. The molecule has 0 saturated heterocycles. The molecule has 0 bridgehead atoms. The molecule has 0 unspecified atom stereocenters. The minimum absolute atomic E-state index is 0.0132. The van der Waals surface area contributed by atoms with Gasteiger partial charge in [0.05, 0.1) is 6.61 Å². The van der Waals surface area contributed by atoms with E-state index in [1.165, 1.54) is 83.5 Å². The molecular weight excluding hydrogens is 538 g/mol. The Labute approximate surface area is 267 Å². The predicted molar refractivity (Wildman–Crippen MR) is 181 cm³/mol. The molecular formula is C37H73NO5. The lowest BCUT2D eigenvalue weighted by Gasteiger charge is -2.22. The third-order valence-corrected chi connectivity index (χ3v) is 8.23. The van der Waals surface area contributed by atoms with Crippen LogP contribution >= 0.6 is 0 Å². The molecule has 0 heterocycles. The summed E-state index contributed by atoms with van der Waals surface area (Å²) in [5.41, 5.74) is -0.394. The van der Waals surface area contributed by atoms with Crippen LogP contribution in [0.5, 0.6) is 0 Å². The van der Waals surface area contributed by atoms with Gasteiger partial charge in [-0.3, -0.25) is 9.59 Å². The second-order valence-electron chi connectivity index (χ2n) is 13.8. The van der Waals surface area contributed by atoms with Crippen LogP contribution in [0.3, 0.4) is 0 Å². The summed E-state index contributed by atoms with van der Waals surface area (Å²) >= 11 is 0. The van der Waals surface area contributed by atoms with Gasteiger partial charge in [0.2, 0.25) is 0 Å². The SMILES string of the molecule is CCCCCC(CCCCC)CCOC(=O)CCCCCCCN(CCCCO)CCCCCCCC(=O)OC(C)(C)C. The van der Waals surface area contributed by atoms with E-state index in [0.717, 1.165) is 71.0 Å². The van der Waals surface area contributed by atoms with Crippen LogP contribution < -0.4 is 0 Å². The highest BCUT2D eigenvalue weighted by Crippen LogP contribution is 2.21. The van der Waals surface area contributed by atoms with Gasteiger partial charge in [0, 0.05) is 19.4 Å². The largest absolute Gasteiger partial charge is 0.466 e. The van der Waals surface area contributed by atoms with Gasteiger partial charge in [-0.25, -0.2) is 0 Å².